The van der Waals surface area contributed by atoms with Crippen LogP contribution in [-0.4, -0.2) is 45.7 Å². The number of ether oxygens (including phenoxy) is 2. The van der Waals surface area contributed by atoms with Crippen molar-refractivity contribution in [1.82, 2.24) is 10.6 Å². The number of hydrogen-bond acceptors (Lipinski definition) is 5. The Kier molecular flexibility index (Phi) is 7.88. The van der Waals surface area contributed by atoms with Crippen LogP contribution in [0, 0.1) is 0 Å². The number of anilines is 1. The molecule has 7 heteroatoms. The summed E-state index contributed by atoms with van der Waals surface area (Å²) in [4.78, 5) is 26.3. The highest BCUT2D eigenvalue weighted by atomic mass is 16.5. The third-order valence-electron chi connectivity index (χ3n) is 4.11. The van der Waals surface area contributed by atoms with Gasteiger partial charge in [-0.15, -0.1) is 0 Å². The first-order chi connectivity index (χ1) is 13.8. The lowest BCUT2D eigenvalue weighted by Crippen LogP contribution is -2.34. The number of nitrogens with one attached hydrogen (secondary N) is 2. The summed E-state index contributed by atoms with van der Waals surface area (Å²) in [6.07, 6.45) is 0. The van der Waals surface area contributed by atoms with E-state index in [4.69, 9.17) is 9.47 Å². The van der Waals surface area contributed by atoms with Crippen LogP contribution in [0.1, 0.15) is 29.8 Å². The summed E-state index contributed by atoms with van der Waals surface area (Å²) in [5, 5.41) is 5.66. The molecule has 0 heterocycles. The molecular formula is C22H29N3O4. The molecule has 0 radical (unpaired) electrons. The molecule has 0 bridgehead atoms. The molecule has 0 aliphatic rings. The van der Waals surface area contributed by atoms with Gasteiger partial charge in [-0.1, -0.05) is 12.1 Å². The van der Waals surface area contributed by atoms with Crippen LogP contribution >= 0.6 is 0 Å². The Morgan fingerprint density at radius 3 is 2.48 bits per heavy atom. The van der Waals surface area contributed by atoms with Crippen molar-refractivity contribution < 1.29 is 19.1 Å². The third-order valence-corrected chi connectivity index (χ3v) is 4.11. The highest BCUT2D eigenvalue weighted by Gasteiger charge is 2.13. The fourth-order valence-electron chi connectivity index (χ4n) is 2.66. The average molecular weight is 399 g/mol. The van der Waals surface area contributed by atoms with Crippen LogP contribution in [0.4, 0.5) is 5.69 Å². The van der Waals surface area contributed by atoms with E-state index in [0.717, 1.165) is 11.3 Å². The monoisotopic (exact) mass is 399 g/mol. The van der Waals surface area contributed by atoms with Crippen molar-refractivity contribution in [3.63, 3.8) is 0 Å². The summed E-state index contributed by atoms with van der Waals surface area (Å²) in [5.74, 6) is 0.359. The first-order valence-corrected chi connectivity index (χ1v) is 9.44. The number of carbonyl (C=O) groups is 2. The van der Waals surface area contributed by atoms with Crippen LogP contribution in [0.2, 0.25) is 0 Å². The van der Waals surface area contributed by atoms with Crippen molar-refractivity contribution in [1.29, 1.82) is 0 Å². The van der Waals surface area contributed by atoms with E-state index in [-0.39, 0.29) is 24.5 Å². The van der Waals surface area contributed by atoms with Gasteiger partial charge in [0.1, 0.15) is 0 Å². The summed E-state index contributed by atoms with van der Waals surface area (Å²) < 4.78 is 10.8. The first kappa shape index (κ1) is 22.1. The van der Waals surface area contributed by atoms with Gasteiger partial charge in [0.15, 0.2) is 18.1 Å². The van der Waals surface area contributed by atoms with E-state index in [2.05, 4.69) is 10.6 Å². The lowest BCUT2D eigenvalue weighted by Gasteiger charge is -2.14. The summed E-state index contributed by atoms with van der Waals surface area (Å²) in [6.45, 7) is 4.05. The maximum Gasteiger partial charge on any atom is 0.258 e. The minimum atomic E-state index is -0.220. The minimum absolute atomic E-state index is 0.0393. The number of hydrogen-bond donors (Lipinski definition) is 2. The van der Waals surface area contributed by atoms with Crippen molar-refractivity contribution in [2.45, 2.75) is 26.4 Å². The smallest absolute Gasteiger partial charge is 0.258 e. The molecule has 29 heavy (non-hydrogen) atoms. The van der Waals surface area contributed by atoms with E-state index in [0.29, 0.717) is 23.6 Å². The van der Waals surface area contributed by atoms with E-state index in [1.807, 2.05) is 57.1 Å². The van der Waals surface area contributed by atoms with E-state index in [1.165, 1.54) is 7.11 Å². The summed E-state index contributed by atoms with van der Waals surface area (Å²) in [5.41, 5.74) is 2.53. The maximum atomic E-state index is 12.5. The van der Waals surface area contributed by atoms with Gasteiger partial charge in [-0.05, 0) is 49.7 Å². The Bertz CT molecular complexity index is 850. The first-order valence-electron chi connectivity index (χ1n) is 9.44. The molecule has 0 saturated carbocycles. The van der Waals surface area contributed by atoms with Crippen LogP contribution in [0.15, 0.2) is 42.5 Å². The molecule has 0 aromatic heterocycles. The second-order valence-electron chi connectivity index (χ2n) is 7.12. The molecule has 0 aliphatic carbocycles. The fourth-order valence-corrected chi connectivity index (χ4v) is 2.66. The van der Waals surface area contributed by atoms with Crippen LogP contribution in [0.5, 0.6) is 11.5 Å². The van der Waals surface area contributed by atoms with E-state index >= 15 is 0 Å². The lowest BCUT2D eigenvalue weighted by molar-refractivity contribution is -0.123. The molecule has 7 nitrogen and oxygen atoms in total. The van der Waals surface area contributed by atoms with Gasteiger partial charge in [0.2, 0.25) is 0 Å². The molecule has 2 rings (SSSR count). The quantitative estimate of drug-likeness (QED) is 0.678. The normalized spacial score (nSPS) is 10.4. The van der Waals surface area contributed by atoms with Gasteiger partial charge in [-0.2, -0.15) is 0 Å². The minimum Gasteiger partial charge on any atom is -0.493 e. The molecule has 0 aliphatic heterocycles. The van der Waals surface area contributed by atoms with E-state index < -0.39 is 0 Å². The zero-order valence-electron chi connectivity index (χ0n) is 17.6. The topological polar surface area (TPSA) is 79.9 Å². The molecule has 0 saturated heterocycles. The predicted molar refractivity (Wildman–Crippen MR) is 114 cm³/mol. The van der Waals surface area contributed by atoms with Gasteiger partial charge in [0.25, 0.3) is 11.8 Å². The van der Waals surface area contributed by atoms with Crippen LogP contribution in [0.3, 0.4) is 0 Å². The van der Waals surface area contributed by atoms with Crippen LogP contribution in [0.25, 0.3) is 0 Å². The molecule has 2 aromatic carbocycles. The third kappa shape index (κ3) is 6.71. The molecule has 0 spiro atoms. The van der Waals surface area contributed by atoms with Crippen molar-refractivity contribution in [3.05, 3.63) is 53.6 Å². The number of benzene rings is 2. The van der Waals surface area contributed by atoms with E-state index in [9.17, 15) is 9.59 Å². The second-order valence-corrected chi connectivity index (χ2v) is 7.12. The number of amides is 2. The summed E-state index contributed by atoms with van der Waals surface area (Å²) in [7, 11) is 5.44. The van der Waals surface area contributed by atoms with Crippen molar-refractivity contribution in [2.24, 2.45) is 0 Å². The Labute approximate surface area is 172 Å². The number of carbonyl (C=O) groups excluding carboxylic acids is 2. The number of rotatable bonds is 9. The molecule has 2 amide bonds. The SMILES string of the molecule is COc1cc(C(=O)NCc2cccc(N(C)C)c2)ccc1OCC(=O)NC(C)C. The maximum absolute atomic E-state index is 12.5. The predicted octanol–water partition coefficient (Wildman–Crippen LogP) is 2.59. The Hall–Kier alpha value is -3.22. The number of nitrogens with zero attached hydrogens (tertiary/aromatic N) is 1. The largest absolute Gasteiger partial charge is 0.493 e. The molecular weight excluding hydrogens is 370 g/mol. The molecule has 0 fully saturated rings. The Morgan fingerprint density at radius 1 is 1.07 bits per heavy atom. The Morgan fingerprint density at radius 2 is 1.83 bits per heavy atom. The highest BCUT2D eigenvalue weighted by Crippen LogP contribution is 2.28. The van der Waals surface area contributed by atoms with Gasteiger partial charge < -0.3 is 25.0 Å². The standard InChI is InChI=1S/C22H29N3O4/c1-15(2)24-21(26)14-29-19-10-9-17(12-20(19)28-5)22(27)23-13-16-7-6-8-18(11-16)25(3)4/h6-12,15H,13-14H2,1-5H3,(H,23,27)(H,24,26). The van der Waals surface area contributed by atoms with Gasteiger partial charge in [-0.25, -0.2) is 0 Å². The van der Waals surface area contributed by atoms with Crippen LogP contribution < -0.4 is 25.0 Å². The zero-order chi connectivity index (χ0) is 21.4. The highest BCUT2D eigenvalue weighted by molar-refractivity contribution is 5.94. The molecule has 0 atom stereocenters. The van der Waals surface area contributed by atoms with Gasteiger partial charge in [0, 0.05) is 37.9 Å². The van der Waals surface area contributed by atoms with Crippen molar-refractivity contribution in [3.8, 4) is 11.5 Å². The van der Waals surface area contributed by atoms with E-state index in [1.54, 1.807) is 18.2 Å². The fraction of sp³-hybridized carbons (Fsp3) is 0.364. The van der Waals surface area contributed by atoms with Crippen LogP contribution in [-0.2, 0) is 11.3 Å². The van der Waals surface area contributed by atoms with Gasteiger partial charge >= 0.3 is 0 Å². The molecule has 0 unspecified atom stereocenters. The second kappa shape index (κ2) is 10.4. The molecule has 156 valence electrons. The number of methoxy groups -OCH3 is 1. The summed E-state index contributed by atoms with van der Waals surface area (Å²) in [6, 6.07) is 12.9. The Balaban J connectivity index is 2.00. The average Bonchev–Trinajstić information content (AvgIpc) is 2.70. The van der Waals surface area contributed by atoms with Gasteiger partial charge in [0.05, 0.1) is 7.11 Å². The molecule has 2 aromatic rings. The van der Waals surface area contributed by atoms with Crippen molar-refractivity contribution in [2.75, 3.05) is 32.7 Å². The van der Waals surface area contributed by atoms with Crippen molar-refractivity contribution >= 4 is 17.5 Å². The summed E-state index contributed by atoms with van der Waals surface area (Å²) >= 11 is 0. The lowest BCUT2D eigenvalue weighted by atomic mass is 10.1. The molecule has 2 N–H and O–H groups in total. The van der Waals surface area contributed by atoms with Gasteiger partial charge in [-0.3, -0.25) is 9.59 Å². The zero-order valence-corrected chi connectivity index (χ0v) is 17.6.